The highest BCUT2D eigenvalue weighted by Gasteiger charge is 2.11. The highest BCUT2D eigenvalue weighted by Crippen LogP contribution is 2.21. The Labute approximate surface area is 122 Å². The van der Waals surface area contributed by atoms with E-state index < -0.39 is 0 Å². The van der Waals surface area contributed by atoms with Crippen molar-refractivity contribution in [1.82, 2.24) is 4.57 Å². The first-order valence-corrected chi connectivity index (χ1v) is 6.66. The lowest BCUT2D eigenvalue weighted by Crippen LogP contribution is -1.99. The van der Waals surface area contributed by atoms with Crippen molar-refractivity contribution < 1.29 is 4.79 Å². The summed E-state index contributed by atoms with van der Waals surface area (Å²) in [6.07, 6.45) is 3.65. The Morgan fingerprint density at radius 1 is 0.850 bits per heavy atom. The van der Waals surface area contributed by atoms with E-state index in [0.29, 0.717) is 16.1 Å². The molecule has 0 radical (unpaired) electrons. The lowest BCUT2D eigenvalue weighted by Gasteiger charge is -2.04. The first-order valence-electron chi connectivity index (χ1n) is 6.28. The second-order valence-corrected chi connectivity index (χ2v) is 4.86. The molecule has 0 aliphatic heterocycles. The van der Waals surface area contributed by atoms with Crippen molar-refractivity contribution in [2.75, 3.05) is 0 Å². The molecule has 0 aliphatic carbocycles. The Kier molecular flexibility index (Phi) is 3.40. The molecule has 3 aromatic rings. The van der Waals surface area contributed by atoms with Crippen molar-refractivity contribution in [2.45, 2.75) is 0 Å². The van der Waals surface area contributed by atoms with Gasteiger partial charge >= 0.3 is 0 Å². The maximum absolute atomic E-state index is 12.3. The summed E-state index contributed by atoms with van der Waals surface area (Å²) in [5, 5.41) is 0.654. The molecule has 0 spiro atoms. The molecule has 3 rings (SSSR count). The van der Waals surface area contributed by atoms with E-state index in [1.807, 2.05) is 65.4 Å². The van der Waals surface area contributed by atoms with Gasteiger partial charge in [-0.25, -0.2) is 0 Å². The molecule has 0 fully saturated rings. The molecule has 98 valence electrons. The molecule has 0 atom stereocenters. The lowest BCUT2D eigenvalue weighted by atomic mass is 10.1. The largest absolute Gasteiger partial charge is 0.322 e. The average Bonchev–Trinajstić information content (AvgIpc) is 2.97. The standard InChI is InChI=1S/C17H12ClNO/c18-15-8-4-5-9-16(15)19-11-10-14(12-19)17(20)13-6-2-1-3-7-13/h1-12H. The van der Waals surface area contributed by atoms with Crippen LogP contribution in [-0.2, 0) is 0 Å². The SMILES string of the molecule is O=C(c1ccccc1)c1ccn(-c2ccccc2Cl)c1. The Hall–Kier alpha value is -2.32. The maximum atomic E-state index is 12.3. The predicted molar refractivity (Wildman–Crippen MR) is 80.7 cm³/mol. The van der Waals surface area contributed by atoms with Crippen molar-refractivity contribution in [1.29, 1.82) is 0 Å². The third-order valence-electron chi connectivity index (χ3n) is 3.12. The number of aromatic nitrogens is 1. The Morgan fingerprint density at radius 3 is 2.30 bits per heavy atom. The van der Waals surface area contributed by atoms with Crippen LogP contribution in [0.3, 0.4) is 0 Å². The third kappa shape index (κ3) is 2.38. The quantitative estimate of drug-likeness (QED) is 0.654. The number of halogens is 1. The van der Waals surface area contributed by atoms with E-state index in [9.17, 15) is 4.79 Å². The van der Waals surface area contributed by atoms with Crippen LogP contribution in [0.15, 0.2) is 73.1 Å². The van der Waals surface area contributed by atoms with Crippen LogP contribution in [0, 0.1) is 0 Å². The van der Waals surface area contributed by atoms with Gasteiger partial charge in [0.15, 0.2) is 5.78 Å². The van der Waals surface area contributed by atoms with Crippen molar-refractivity contribution in [3.63, 3.8) is 0 Å². The summed E-state index contributed by atoms with van der Waals surface area (Å²) in [7, 11) is 0. The number of ketones is 1. The van der Waals surface area contributed by atoms with Gasteiger partial charge < -0.3 is 4.57 Å². The van der Waals surface area contributed by atoms with Crippen LogP contribution in [0.25, 0.3) is 5.69 Å². The van der Waals surface area contributed by atoms with Crippen LogP contribution in [0.5, 0.6) is 0 Å². The minimum atomic E-state index is 0.0106. The van der Waals surface area contributed by atoms with Gasteiger partial charge in [-0.2, -0.15) is 0 Å². The van der Waals surface area contributed by atoms with Gasteiger partial charge in [0.1, 0.15) is 0 Å². The van der Waals surface area contributed by atoms with Crippen LogP contribution in [0.4, 0.5) is 0 Å². The fraction of sp³-hybridized carbons (Fsp3) is 0. The second kappa shape index (κ2) is 5.35. The number of hydrogen-bond donors (Lipinski definition) is 0. The van der Waals surface area contributed by atoms with E-state index >= 15 is 0 Å². The normalized spacial score (nSPS) is 10.4. The molecular formula is C17H12ClNO. The zero-order valence-corrected chi connectivity index (χ0v) is 11.4. The van der Waals surface area contributed by atoms with Crippen LogP contribution >= 0.6 is 11.6 Å². The summed E-state index contributed by atoms with van der Waals surface area (Å²) in [6.45, 7) is 0. The predicted octanol–water partition coefficient (Wildman–Crippen LogP) is 4.36. The Balaban J connectivity index is 1.95. The van der Waals surface area contributed by atoms with E-state index in [0.717, 1.165) is 5.69 Å². The summed E-state index contributed by atoms with van der Waals surface area (Å²) in [5.74, 6) is 0.0106. The monoisotopic (exact) mass is 281 g/mol. The van der Waals surface area contributed by atoms with Crippen molar-refractivity contribution in [3.8, 4) is 5.69 Å². The molecule has 0 bridgehead atoms. The molecule has 0 N–H and O–H groups in total. The first-order chi connectivity index (χ1) is 9.75. The van der Waals surface area contributed by atoms with Crippen LogP contribution < -0.4 is 0 Å². The number of benzene rings is 2. The molecule has 0 aliphatic rings. The lowest BCUT2D eigenvalue weighted by molar-refractivity contribution is 0.103. The average molecular weight is 282 g/mol. The molecule has 1 heterocycles. The van der Waals surface area contributed by atoms with E-state index in [-0.39, 0.29) is 5.78 Å². The maximum Gasteiger partial charge on any atom is 0.194 e. The number of para-hydroxylation sites is 1. The smallest absolute Gasteiger partial charge is 0.194 e. The van der Waals surface area contributed by atoms with Gasteiger partial charge in [0.25, 0.3) is 0 Å². The van der Waals surface area contributed by atoms with Crippen molar-refractivity contribution >= 4 is 17.4 Å². The van der Waals surface area contributed by atoms with Crippen molar-refractivity contribution in [2.24, 2.45) is 0 Å². The zero-order valence-electron chi connectivity index (χ0n) is 10.7. The molecule has 0 saturated carbocycles. The fourth-order valence-electron chi connectivity index (χ4n) is 2.10. The topological polar surface area (TPSA) is 22.0 Å². The van der Waals surface area contributed by atoms with Gasteiger partial charge in [-0.05, 0) is 18.2 Å². The number of nitrogens with zero attached hydrogens (tertiary/aromatic N) is 1. The molecule has 0 unspecified atom stereocenters. The van der Waals surface area contributed by atoms with E-state index in [1.54, 1.807) is 12.3 Å². The van der Waals surface area contributed by atoms with Crippen LogP contribution in [-0.4, -0.2) is 10.4 Å². The summed E-state index contributed by atoms with van der Waals surface area (Å²) >= 11 is 6.16. The van der Waals surface area contributed by atoms with E-state index in [4.69, 9.17) is 11.6 Å². The number of hydrogen-bond acceptors (Lipinski definition) is 1. The Bertz CT molecular complexity index is 746. The molecule has 20 heavy (non-hydrogen) atoms. The molecule has 2 nitrogen and oxygen atoms in total. The van der Waals surface area contributed by atoms with Gasteiger partial charge in [0.05, 0.1) is 10.7 Å². The van der Waals surface area contributed by atoms with Gasteiger partial charge in [-0.3, -0.25) is 4.79 Å². The van der Waals surface area contributed by atoms with Gasteiger partial charge in [0.2, 0.25) is 0 Å². The third-order valence-corrected chi connectivity index (χ3v) is 3.44. The van der Waals surface area contributed by atoms with Gasteiger partial charge in [-0.15, -0.1) is 0 Å². The number of carbonyl (C=O) groups excluding carboxylic acids is 1. The molecule has 2 aromatic carbocycles. The first kappa shape index (κ1) is 12.7. The van der Waals surface area contributed by atoms with Crippen LogP contribution in [0.2, 0.25) is 5.02 Å². The summed E-state index contributed by atoms with van der Waals surface area (Å²) in [4.78, 5) is 12.3. The molecule has 0 saturated heterocycles. The summed E-state index contributed by atoms with van der Waals surface area (Å²) in [5.41, 5.74) is 2.20. The number of rotatable bonds is 3. The highest BCUT2D eigenvalue weighted by atomic mass is 35.5. The molecule has 1 aromatic heterocycles. The fourth-order valence-corrected chi connectivity index (χ4v) is 2.33. The van der Waals surface area contributed by atoms with E-state index in [1.165, 1.54) is 0 Å². The molecule has 0 amide bonds. The summed E-state index contributed by atoms with van der Waals surface area (Å²) in [6, 6.07) is 18.6. The molecule has 3 heteroatoms. The minimum absolute atomic E-state index is 0.0106. The van der Waals surface area contributed by atoms with Gasteiger partial charge in [-0.1, -0.05) is 54.1 Å². The number of carbonyl (C=O) groups is 1. The Morgan fingerprint density at radius 2 is 1.55 bits per heavy atom. The van der Waals surface area contributed by atoms with Crippen LogP contribution in [0.1, 0.15) is 15.9 Å². The second-order valence-electron chi connectivity index (χ2n) is 4.45. The van der Waals surface area contributed by atoms with Gasteiger partial charge in [0, 0.05) is 23.5 Å². The van der Waals surface area contributed by atoms with Crippen molar-refractivity contribution in [3.05, 3.63) is 89.2 Å². The minimum Gasteiger partial charge on any atom is -0.322 e. The highest BCUT2D eigenvalue weighted by molar-refractivity contribution is 6.32. The zero-order chi connectivity index (χ0) is 13.9. The van der Waals surface area contributed by atoms with E-state index in [2.05, 4.69) is 0 Å². The summed E-state index contributed by atoms with van der Waals surface area (Å²) < 4.78 is 1.86. The molecular weight excluding hydrogens is 270 g/mol.